The maximum atomic E-state index is 14.7. The summed E-state index contributed by atoms with van der Waals surface area (Å²) in [6.45, 7) is 15.6. The number of amides is 1. The van der Waals surface area contributed by atoms with Crippen molar-refractivity contribution in [2.75, 3.05) is 33.0 Å². The maximum Gasteiger partial charge on any atom is 0.410 e. The summed E-state index contributed by atoms with van der Waals surface area (Å²) in [7, 11) is 0. The predicted octanol–water partition coefficient (Wildman–Crippen LogP) is 13.8. The molecule has 1 aliphatic heterocycles. The number of hydrogen-bond acceptors (Lipinski definition) is 9. The zero-order valence-electron chi connectivity index (χ0n) is 41.5. The Morgan fingerprint density at radius 2 is 1.51 bits per heavy atom. The van der Waals surface area contributed by atoms with E-state index in [-0.39, 0.29) is 43.7 Å². The van der Waals surface area contributed by atoms with Crippen LogP contribution < -0.4 is 9.47 Å². The number of nitrogens with zero attached hydrogens (tertiary/aromatic N) is 2. The number of unbranched alkanes of at least 4 members (excludes halogenated alkanes) is 11. The van der Waals surface area contributed by atoms with Crippen molar-refractivity contribution >= 4 is 22.6 Å². The average molecular weight is 923 g/mol. The standard InChI is InChI=1S/C57H82N2O8/c1-7-10-11-12-13-14-15-16-17-24-37-63-55(62)59(33-8-2)52-41-50(58-67-56(4,5)6)48-39-44(27-20-22-34-60)47(28-21-23-35-61)53-49-40-46(65-45-30-29-42-25-18-19-26-43(42)38-45)31-32-51(49)66-57(52,54(48)53)64-36-9-3/h9,18-19,25-26,29-32,38-40,44,47,52-54,60-61H,3,7-8,10-17,20-24,27-28,33-37,41H2,1-2,4-6H3/t44-,47+,52-,53+,54+,57+/m0/s1. The van der Waals surface area contributed by atoms with E-state index in [1.807, 2.05) is 56.0 Å². The van der Waals surface area contributed by atoms with Gasteiger partial charge in [-0.3, -0.25) is 4.90 Å². The highest BCUT2D eigenvalue weighted by Crippen LogP contribution is 2.62. The second-order valence-electron chi connectivity index (χ2n) is 20.1. The summed E-state index contributed by atoms with van der Waals surface area (Å²) in [6, 6.07) is 19.9. The highest BCUT2D eigenvalue weighted by atomic mass is 16.7. The van der Waals surface area contributed by atoms with Crippen molar-refractivity contribution in [3.05, 3.63) is 90.5 Å². The number of aliphatic hydroxyl groups is 2. The zero-order chi connectivity index (χ0) is 47.7. The number of allylic oxidation sites excluding steroid dienone is 1. The normalized spacial score (nSPS) is 22.6. The van der Waals surface area contributed by atoms with Gasteiger partial charge in [0.1, 0.15) is 28.9 Å². The molecular weight excluding hydrogens is 841 g/mol. The van der Waals surface area contributed by atoms with E-state index in [4.69, 9.17) is 28.9 Å². The van der Waals surface area contributed by atoms with Crippen molar-refractivity contribution < 1.29 is 38.8 Å². The molecule has 0 aromatic heterocycles. The van der Waals surface area contributed by atoms with Crippen LogP contribution in [0, 0.1) is 17.8 Å². The predicted molar refractivity (Wildman–Crippen MR) is 270 cm³/mol. The van der Waals surface area contributed by atoms with Crippen molar-refractivity contribution in [1.82, 2.24) is 4.90 Å². The highest BCUT2D eigenvalue weighted by Gasteiger charge is 2.65. The Labute approximate surface area is 402 Å². The number of carbonyl (C=O) groups is 1. The molecule has 0 saturated heterocycles. The lowest BCUT2D eigenvalue weighted by atomic mass is 9.55. The van der Waals surface area contributed by atoms with Crippen LogP contribution in [-0.2, 0) is 14.3 Å². The van der Waals surface area contributed by atoms with Gasteiger partial charge in [0.05, 0.1) is 24.8 Å². The van der Waals surface area contributed by atoms with Gasteiger partial charge in [0.15, 0.2) is 0 Å². The smallest absolute Gasteiger partial charge is 0.410 e. The lowest BCUT2D eigenvalue weighted by Crippen LogP contribution is -2.70. The minimum Gasteiger partial charge on any atom is -0.459 e. The number of fused-ring (bicyclic) bond motifs is 3. The van der Waals surface area contributed by atoms with Gasteiger partial charge in [0.25, 0.3) is 0 Å². The first kappa shape index (κ1) is 52.0. The molecule has 3 aromatic rings. The zero-order valence-corrected chi connectivity index (χ0v) is 41.5. The Bertz CT molecular complexity index is 2080. The maximum absolute atomic E-state index is 14.7. The molecule has 0 radical (unpaired) electrons. The van der Waals surface area contributed by atoms with Gasteiger partial charge in [-0.2, -0.15) is 0 Å². The Morgan fingerprint density at radius 3 is 2.19 bits per heavy atom. The van der Waals surface area contributed by atoms with Crippen LogP contribution in [0.15, 0.2) is 90.1 Å². The molecule has 1 heterocycles. The van der Waals surface area contributed by atoms with E-state index in [1.54, 1.807) is 6.08 Å². The number of rotatable bonds is 28. The first-order valence-corrected chi connectivity index (χ1v) is 25.9. The summed E-state index contributed by atoms with van der Waals surface area (Å²) in [5.74, 6) is 0.391. The Hall–Kier alpha value is -4.38. The largest absolute Gasteiger partial charge is 0.459 e. The molecule has 10 heteroatoms. The van der Waals surface area contributed by atoms with Crippen LogP contribution >= 0.6 is 0 Å². The van der Waals surface area contributed by atoms with Crippen LogP contribution in [-0.4, -0.2) is 77.3 Å². The quantitative estimate of drug-likeness (QED) is 0.0420. The third-order valence-corrected chi connectivity index (χ3v) is 13.8. The van der Waals surface area contributed by atoms with E-state index in [0.29, 0.717) is 50.3 Å². The number of aliphatic hydroxyl groups excluding tert-OH is 2. The summed E-state index contributed by atoms with van der Waals surface area (Å²) in [5.41, 5.74) is 2.21. The molecule has 2 aliphatic carbocycles. The minimum absolute atomic E-state index is 0.0933. The topological polar surface area (TPSA) is 119 Å². The van der Waals surface area contributed by atoms with Gasteiger partial charge in [0, 0.05) is 37.7 Å². The van der Waals surface area contributed by atoms with Gasteiger partial charge in [-0.15, -0.1) is 6.58 Å². The van der Waals surface area contributed by atoms with Crippen LogP contribution in [0.5, 0.6) is 17.2 Å². The number of hydrogen-bond donors (Lipinski definition) is 2. The summed E-state index contributed by atoms with van der Waals surface area (Å²) in [5, 5.41) is 27.2. The van der Waals surface area contributed by atoms with Crippen molar-refractivity contribution in [2.45, 2.75) is 174 Å². The third kappa shape index (κ3) is 13.7. The van der Waals surface area contributed by atoms with Crippen molar-refractivity contribution in [2.24, 2.45) is 22.9 Å². The number of oxime groups is 1. The van der Waals surface area contributed by atoms with Gasteiger partial charge >= 0.3 is 6.09 Å². The third-order valence-electron chi connectivity index (χ3n) is 13.8. The van der Waals surface area contributed by atoms with E-state index in [1.165, 1.54) is 44.9 Å². The molecule has 1 saturated carbocycles. The van der Waals surface area contributed by atoms with Gasteiger partial charge in [-0.25, -0.2) is 4.79 Å². The number of ether oxygens (including phenoxy) is 4. The van der Waals surface area contributed by atoms with E-state index in [9.17, 15) is 15.0 Å². The molecule has 1 amide bonds. The molecule has 1 fully saturated rings. The summed E-state index contributed by atoms with van der Waals surface area (Å²) < 4.78 is 27.5. The van der Waals surface area contributed by atoms with Crippen LogP contribution in [0.1, 0.15) is 162 Å². The summed E-state index contributed by atoms with van der Waals surface area (Å²) in [6.07, 6.45) is 21.5. The first-order chi connectivity index (χ1) is 32.6. The summed E-state index contributed by atoms with van der Waals surface area (Å²) in [4.78, 5) is 22.8. The second-order valence-corrected chi connectivity index (χ2v) is 20.1. The SMILES string of the molecule is C=CCO[C@@]12Oc3ccc(Oc4ccc5ccccc5c4)cc3[C@H]3[C@H](CCCCO)[C@@H](CCCCO)C=C(C(=NOC(C)(C)C)C[C@@H]1N(CCC)C(=O)OCCCCCCCCCCCC)[C@H]32. The van der Waals surface area contributed by atoms with Gasteiger partial charge in [-0.05, 0) is 118 Å². The van der Waals surface area contributed by atoms with E-state index in [0.717, 1.165) is 78.3 Å². The van der Waals surface area contributed by atoms with E-state index < -0.39 is 23.3 Å². The van der Waals surface area contributed by atoms with Crippen LogP contribution in [0.3, 0.4) is 0 Å². The highest BCUT2D eigenvalue weighted by molar-refractivity contribution is 6.03. The molecule has 3 aliphatic rings. The summed E-state index contributed by atoms with van der Waals surface area (Å²) >= 11 is 0. The fourth-order valence-electron chi connectivity index (χ4n) is 10.7. The first-order valence-electron chi connectivity index (χ1n) is 25.9. The molecule has 67 heavy (non-hydrogen) atoms. The Morgan fingerprint density at radius 1 is 0.836 bits per heavy atom. The molecule has 2 N–H and O–H groups in total. The van der Waals surface area contributed by atoms with Gasteiger partial charge < -0.3 is 34.0 Å². The molecule has 0 unspecified atom stereocenters. The minimum atomic E-state index is -1.35. The average Bonchev–Trinajstić information content (AvgIpc) is 3.32. The van der Waals surface area contributed by atoms with Gasteiger partial charge in [0.2, 0.25) is 5.79 Å². The molecule has 6 atom stereocenters. The lowest BCUT2D eigenvalue weighted by Gasteiger charge is -2.60. The lowest BCUT2D eigenvalue weighted by molar-refractivity contribution is -0.255. The van der Waals surface area contributed by atoms with Gasteiger partial charge in [-0.1, -0.05) is 132 Å². The Kier molecular flexibility index (Phi) is 20.1. The molecule has 0 bridgehead atoms. The van der Waals surface area contributed by atoms with E-state index in [2.05, 4.69) is 56.8 Å². The molecule has 10 nitrogen and oxygen atoms in total. The number of carbonyl (C=O) groups excluding carboxylic acids is 1. The fraction of sp³-hybridized carbons (Fsp3) is 0.614. The van der Waals surface area contributed by atoms with Crippen LogP contribution in [0.2, 0.25) is 0 Å². The monoisotopic (exact) mass is 923 g/mol. The van der Waals surface area contributed by atoms with Crippen LogP contribution in [0.25, 0.3) is 10.8 Å². The van der Waals surface area contributed by atoms with E-state index >= 15 is 0 Å². The fourth-order valence-corrected chi connectivity index (χ4v) is 10.7. The molecule has 3 aromatic carbocycles. The molecule has 6 rings (SSSR count). The van der Waals surface area contributed by atoms with Crippen LogP contribution in [0.4, 0.5) is 4.79 Å². The van der Waals surface area contributed by atoms with Crippen molar-refractivity contribution in [3.63, 3.8) is 0 Å². The second kappa shape index (κ2) is 25.8. The van der Waals surface area contributed by atoms with Crippen molar-refractivity contribution in [1.29, 1.82) is 0 Å². The molecule has 368 valence electrons. The molecular formula is C57H82N2O8. The number of benzene rings is 3. The van der Waals surface area contributed by atoms with Crippen molar-refractivity contribution in [3.8, 4) is 17.2 Å². The molecule has 0 spiro atoms. The Balaban J connectivity index is 1.42.